The van der Waals surface area contributed by atoms with Gasteiger partial charge in [0.05, 0.1) is 28.0 Å². The zero-order valence-corrected chi connectivity index (χ0v) is 27.4. The minimum Gasteiger partial charge on any atom is -0.349 e. The number of benzene rings is 1. The predicted molar refractivity (Wildman–Crippen MR) is 179 cm³/mol. The Morgan fingerprint density at radius 1 is 1.04 bits per heavy atom. The summed E-state index contributed by atoms with van der Waals surface area (Å²) in [5.41, 5.74) is 1.14. The zero-order valence-electron chi connectivity index (χ0n) is 27.4. The number of piperazine rings is 1. The van der Waals surface area contributed by atoms with E-state index >= 15 is 8.78 Å². The Labute approximate surface area is 276 Å². The number of halogens is 2. The van der Waals surface area contributed by atoms with Crippen LogP contribution in [0.25, 0.3) is 28.0 Å². The Balaban J connectivity index is 1.57. The lowest BCUT2D eigenvalue weighted by Gasteiger charge is -2.44. The molecule has 3 aliphatic rings. The van der Waals surface area contributed by atoms with Gasteiger partial charge in [-0.25, -0.2) is 23.1 Å². The van der Waals surface area contributed by atoms with E-state index in [9.17, 15) is 14.4 Å². The van der Waals surface area contributed by atoms with Crippen LogP contribution < -0.4 is 15.5 Å². The summed E-state index contributed by atoms with van der Waals surface area (Å²) in [5.74, 6) is -2.14. The molecule has 3 aliphatic heterocycles. The minimum atomic E-state index is -0.822. The molecular formula is C36H37F2N7O3. The molecule has 0 spiro atoms. The SMILES string of the molecule is C=CC(=O)N1C[C@H](C)N(c2nc(=O)n3c4nc(c(F)cc24)-c2c(F)cccc2N2CCC(CCc4ccnc(C(C)C)c4-3)C2=O)C[C@H]1C. The first kappa shape index (κ1) is 31.6. The van der Waals surface area contributed by atoms with E-state index in [4.69, 9.17) is 4.98 Å². The van der Waals surface area contributed by atoms with Crippen LogP contribution in [0.1, 0.15) is 57.7 Å². The Kier molecular flexibility index (Phi) is 7.84. The van der Waals surface area contributed by atoms with Gasteiger partial charge in [0.2, 0.25) is 11.8 Å². The molecule has 12 heteroatoms. The van der Waals surface area contributed by atoms with Gasteiger partial charge in [-0.15, -0.1) is 0 Å². The fourth-order valence-corrected chi connectivity index (χ4v) is 7.49. The van der Waals surface area contributed by atoms with Crippen molar-refractivity contribution < 1.29 is 18.4 Å². The molecule has 1 unspecified atom stereocenters. The van der Waals surface area contributed by atoms with Crippen LogP contribution in [0, 0.1) is 17.6 Å². The van der Waals surface area contributed by atoms with Gasteiger partial charge in [0.15, 0.2) is 11.5 Å². The lowest BCUT2D eigenvalue weighted by Crippen LogP contribution is -2.58. The molecule has 0 saturated carbocycles. The lowest BCUT2D eigenvalue weighted by atomic mass is 9.95. The molecule has 48 heavy (non-hydrogen) atoms. The van der Waals surface area contributed by atoms with Crippen molar-refractivity contribution in [2.75, 3.05) is 29.4 Å². The number of hydrogen-bond donors (Lipinski definition) is 0. The number of carbonyl (C=O) groups excluding carboxylic acids is 2. The van der Waals surface area contributed by atoms with Gasteiger partial charge >= 0.3 is 5.69 Å². The number of nitrogens with zero attached hydrogens (tertiary/aromatic N) is 7. The van der Waals surface area contributed by atoms with Crippen LogP contribution in [-0.4, -0.2) is 68.0 Å². The fourth-order valence-electron chi connectivity index (χ4n) is 7.49. The number of anilines is 2. The van der Waals surface area contributed by atoms with Gasteiger partial charge in [0.1, 0.15) is 17.3 Å². The van der Waals surface area contributed by atoms with Gasteiger partial charge < -0.3 is 14.7 Å². The van der Waals surface area contributed by atoms with E-state index in [2.05, 4.69) is 16.5 Å². The third-order valence-corrected chi connectivity index (χ3v) is 9.92. The van der Waals surface area contributed by atoms with Crippen molar-refractivity contribution in [3.05, 3.63) is 82.6 Å². The maximum atomic E-state index is 16.6. The highest BCUT2D eigenvalue weighted by Gasteiger charge is 2.37. The van der Waals surface area contributed by atoms with Gasteiger partial charge in [-0.05, 0) is 74.9 Å². The number of rotatable bonds is 3. The Morgan fingerprint density at radius 2 is 1.83 bits per heavy atom. The molecule has 7 rings (SSSR count). The Hall–Kier alpha value is -5.00. The third kappa shape index (κ3) is 4.96. The fraction of sp³-hybridized carbons (Fsp3) is 0.389. The molecule has 2 fully saturated rings. The van der Waals surface area contributed by atoms with Gasteiger partial charge in [0, 0.05) is 43.8 Å². The van der Waals surface area contributed by atoms with Crippen LogP contribution in [0.2, 0.25) is 0 Å². The summed E-state index contributed by atoms with van der Waals surface area (Å²) in [6, 6.07) is 6.86. The van der Waals surface area contributed by atoms with Crippen LogP contribution in [-0.2, 0) is 16.0 Å². The second-order valence-corrected chi connectivity index (χ2v) is 13.3. The lowest BCUT2D eigenvalue weighted by molar-refractivity contribution is -0.128. The largest absolute Gasteiger partial charge is 0.355 e. The van der Waals surface area contributed by atoms with Gasteiger partial charge in [-0.2, -0.15) is 4.98 Å². The average molecular weight is 654 g/mol. The first-order chi connectivity index (χ1) is 23.0. The summed E-state index contributed by atoms with van der Waals surface area (Å²) >= 11 is 0. The number of hydrogen-bond acceptors (Lipinski definition) is 7. The molecule has 1 aromatic carbocycles. The van der Waals surface area contributed by atoms with E-state index in [1.807, 2.05) is 38.7 Å². The number of carbonyl (C=O) groups is 2. The summed E-state index contributed by atoms with van der Waals surface area (Å²) in [4.78, 5) is 59.9. The van der Waals surface area contributed by atoms with E-state index in [-0.39, 0.29) is 69.5 Å². The monoisotopic (exact) mass is 653 g/mol. The van der Waals surface area contributed by atoms with E-state index in [0.29, 0.717) is 50.3 Å². The first-order valence-electron chi connectivity index (χ1n) is 16.4. The second-order valence-electron chi connectivity index (χ2n) is 13.3. The molecule has 3 atom stereocenters. The molecule has 4 bridgehead atoms. The first-order valence-corrected chi connectivity index (χ1v) is 16.4. The predicted octanol–water partition coefficient (Wildman–Crippen LogP) is 5.16. The average Bonchev–Trinajstić information content (AvgIpc) is 3.43. The molecule has 4 aromatic rings. The van der Waals surface area contributed by atoms with Gasteiger partial charge in [-0.1, -0.05) is 26.5 Å². The maximum Gasteiger partial charge on any atom is 0.355 e. The molecule has 6 heterocycles. The van der Waals surface area contributed by atoms with Crippen molar-refractivity contribution in [3.8, 4) is 16.9 Å². The van der Waals surface area contributed by atoms with Gasteiger partial charge in [-0.3, -0.25) is 14.6 Å². The maximum absolute atomic E-state index is 16.6. The highest BCUT2D eigenvalue weighted by atomic mass is 19.1. The van der Waals surface area contributed by atoms with Crippen molar-refractivity contribution in [1.29, 1.82) is 0 Å². The number of aromatic nitrogens is 4. The number of fused-ring (bicyclic) bond motifs is 8. The quantitative estimate of drug-likeness (QED) is 0.282. The standard InChI is InChI=1S/C36H37F2N7O3/c1-6-28(46)43-17-21(5)44(18-20(43)4)33-24-16-26(38)31-29-25(37)8-7-9-27(29)42-15-13-23(35(42)47)11-10-22-12-14-39-30(19(2)3)32(22)45(34(24)40-31)36(48)41-33/h6-9,12,14,16,19-21,23H,1,10-11,13,15,17-18H2,2-5H3/t20-,21+,23?/m1/s1. The van der Waals surface area contributed by atoms with E-state index in [0.717, 1.165) is 5.56 Å². The minimum absolute atomic E-state index is 0.0990. The number of amides is 2. The molecule has 0 N–H and O–H groups in total. The van der Waals surface area contributed by atoms with Crippen LogP contribution in [0.3, 0.4) is 0 Å². The second kappa shape index (κ2) is 11.9. The summed E-state index contributed by atoms with van der Waals surface area (Å²) in [5, 5.41) is 0.258. The van der Waals surface area contributed by atoms with Crippen molar-refractivity contribution in [2.45, 2.75) is 65.0 Å². The van der Waals surface area contributed by atoms with E-state index in [1.165, 1.54) is 33.7 Å². The van der Waals surface area contributed by atoms with Crippen LogP contribution in [0.15, 0.2) is 54.0 Å². The zero-order chi connectivity index (χ0) is 34.0. The Bertz CT molecular complexity index is 2060. The molecule has 10 nitrogen and oxygen atoms in total. The van der Waals surface area contributed by atoms with E-state index in [1.54, 1.807) is 17.2 Å². The van der Waals surface area contributed by atoms with Crippen LogP contribution in [0.4, 0.5) is 20.3 Å². The van der Waals surface area contributed by atoms with Crippen molar-refractivity contribution in [1.82, 2.24) is 24.4 Å². The summed E-state index contributed by atoms with van der Waals surface area (Å²) in [6.45, 7) is 12.4. The van der Waals surface area contributed by atoms with Crippen molar-refractivity contribution >= 4 is 34.4 Å². The van der Waals surface area contributed by atoms with Crippen molar-refractivity contribution in [2.24, 2.45) is 5.92 Å². The third-order valence-electron chi connectivity index (χ3n) is 9.92. The van der Waals surface area contributed by atoms with Crippen LogP contribution >= 0.6 is 0 Å². The molecule has 2 amide bonds. The smallest absolute Gasteiger partial charge is 0.349 e. The number of pyridine rings is 2. The summed E-state index contributed by atoms with van der Waals surface area (Å²) < 4.78 is 33.8. The highest BCUT2D eigenvalue weighted by molar-refractivity contribution is 6.01. The molecular weight excluding hydrogens is 616 g/mol. The topological polar surface area (TPSA) is 105 Å². The number of aryl methyl sites for hydroxylation is 1. The van der Waals surface area contributed by atoms with Gasteiger partial charge in [0.25, 0.3) is 0 Å². The molecule has 248 valence electrons. The Morgan fingerprint density at radius 3 is 2.58 bits per heavy atom. The molecule has 2 saturated heterocycles. The molecule has 0 radical (unpaired) electrons. The van der Waals surface area contributed by atoms with Crippen molar-refractivity contribution in [3.63, 3.8) is 0 Å². The summed E-state index contributed by atoms with van der Waals surface area (Å²) in [6.07, 6.45) is 4.50. The molecule has 3 aromatic heterocycles. The van der Waals surface area contributed by atoms with Crippen LogP contribution in [0.5, 0.6) is 0 Å². The summed E-state index contributed by atoms with van der Waals surface area (Å²) in [7, 11) is 0. The highest BCUT2D eigenvalue weighted by Crippen LogP contribution is 2.41. The van der Waals surface area contributed by atoms with E-state index < -0.39 is 17.3 Å². The normalized spacial score (nSPS) is 20.8. The molecule has 0 aliphatic carbocycles.